The predicted octanol–water partition coefficient (Wildman–Crippen LogP) is 0.217. The van der Waals surface area contributed by atoms with Gasteiger partial charge < -0.3 is 15.4 Å². The molecule has 1 saturated heterocycles. The quantitative estimate of drug-likeness (QED) is 0.693. The maximum Gasteiger partial charge on any atom is 0.225 e. The Morgan fingerprint density at radius 1 is 1.57 bits per heavy atom. The van der Waals surface area contributed by atoms with Crippen LogP contribution < -0.4 is 5.73 Å². The van der Waals surface area contributed by atoms with E-state index in [1.807, 2.05) is 25.7 Å². The highest BCUT2D eigenvalue weighted by atomic mass is 16.5. The number of nitrogens with two attached hydrogens (primary N) is 1. The minimum absolute atomic E-state index is 0.00134. The average Bonchev–Trinajstić information content (AvgIpc) is 2.15. The zero-order chi connectivity index (χ0) is 10.7. The van der Waals surface area contributed by atoms with E-state index in [0.717, 1.165) is 0 Å². The van der Waals surface area contributed by atoms with E-state index in [9.17, 15) is 4.79 Å². The topological polar surface area (TPSA) is 55.6 Å². The van der Waals surface area contributed by atoms with Crippen molar-refractivity contribution >= 4 is 5.91 Å². The second-order valence-electron chi connectivity index (χ2n) is 4.20. The summed E-state index contributed by atoms with van der Waals surface area (Å²) in [4.78, 5) is 13.6. The molecule has 1 aliphatic heterocycles. The molecule has 0 aromatic rings. The van der Waals surface area contributed by atoms with Crippen LogP contribution in [0.15, 0.2) is 0 Å². The maximum absolute atomic E-state index is 11.7. The van der Waals surface area contributed by atoms with Crippen LogP contribution in [0.1, 0.15) is 20.8 Å². The van der Waals surface area contributed by atoms with Crippen LogP contribution in [0.2, 0.25) is 0 Å². The SMILES string of the molecule is CC1CN(C(=O)C(C)C)CC(CN)O1. The highest BCUT2D eigenvalue weighted by molar-refractivity contribution is 5.78. The zero-order valence-electron chi connectivity index (χ0n) is 9.19. The predicted molar refractivity (Wildman–Crippen MR) is 54.8 cm³/mol. The van der Waals surface area contributed by atoms with E-state index < -0.39 is 0 Å². The van der Waals surface area contributed by atoms with Gasteiger partial charge in [-0.25, -0.2) is 0 Å². The van der Waals surface area contributed by atoms with Crippen molar-refractivity contribution in [2.24, 2.45) is 11.7 Å². The molecule has 1 heterocycles. The third-order valence-electron chi connectivity index (χ3n) is 2.39. The van der Waals surface area contributed by atoms with Gasteiger partial charge in [0.05, 0.1) is 12.2 Å². The lowest BCUT2D eigenvalue weighted by atomic mass is 10.1. The molecule has 0 spiro atoms. The van der Waals surface area contributed by atoms with Crippen molar-refractivity contribution in [3.05, 3.63) is 0 Å². The highest BCUT2D eigenvalue weighted by Gasteiger charge is 2.28. The van der Waals surface area contributed by atoms with Crippen LogP contribution in [-0.2, 0) is 9.53 Å². The summed E-state index contributed by atoms with van der Waals surface area (Å²) < 4.78 is 5.58. The number of amides is 1. The number of hydrogen-bond donors (Lipinski definition) is 1. The molecule has 4 heteroatoms. The zero-order valence-corrected chi connectivity index (χ0v) is 9.19. The standard InChI is InChI=1S/C10H20N2O2/c1-7(2)10(13)12-5-8(3)14-9(4-11)6-12/h7-9H,4-6,11H2,1-3H3. The first-order valence-corrected chi connectivity index (χ1v) is 5.19. The van der Waals surface area contributed by atoms with Crippen LogP contribution in [0.25, 0.3) is 0 Å². The number of carbonyl (C=O) groups is 1. The Balaban J connectivity index is 2.57. The van der Waals surface area contributed by atoms with E-state index in [-0.39, 0.29) is 24.0 Å². The van der Waals surface area contributed by atoms with Gasteiger partial charge in [0.1, 0.15) is 0 Å². The number of ether oxygens (including phenoxy) is 1. The highest BCUT2D eigenvalue weighted by Crippen LogP contribution is 2.13. The molecule has 1 amide bonds. The maximum atomic E-state index is 11.7. The van der Waals surface area contributed by atoms with Gasteiger partial charge in [0, 0.05) is 25.6 Å². The second-order valence-corrected chi connectivity index (χ2v) is 4.20. The van der Waals surface area contributed by atoms with Crippen molar-refractivity contribution in [2.75, 3.05) is 19.6 Å². The third kappa shape index (κ3) is 2.69. The molecule has 0 aliphatic carbocycles. The summed E-state index contributed by atoms with van der Waals surface area (Å²) >= 11 is 0. The van der Waals surface area contributed by atoms with Crippen LogP contribution in [0.5, 0.6) is 0 Å². The summed E-state index contributed by atoms with van der Waals surface area (Å²) in [6.07, 6.45) is 0.0986. The fourth-order valence-electron chi connectivity index (χ4n) is 1.72. The summed E-state index contributed by atoms with van der Waals surface area (Å²) in [5.74, 6) is 0.248. The van der Waals surface area contributed by atoms with Crippen LogP contribution in [0.3, 0.4) is 0 Å². The molecule has 4 nitrogen and oxygen atoms in total. The molecule has 0 aromatic carbocycles. The Labute approximate surface area is 85.4 Å². The van der Waals surface area contributed by atoms with Gasteiger partial charge in [0.2, 0.25) is 5.91 Å². The number of hydrogen-bond acceptors (Lipinski definition) is 3. The fraction of sp³-hybridized carbons (Fsp3) is 0.900. The lowest BCUT2D eigenvalue weighted by molar-refractivity contribution is -0.146. The Kier molecular flexibility index (Phi) is 3.89. The Morgan fingerprint density at radius 2 is 2.21 bits per heavy atom. The molecule has 0 aromatic heterocycles. The molecular formula is C10H20N2O2. The van der Waals surface area contributed by atoms with Gasteiger partial charge in [-0.3, -0.25) is 4.79 Å². The smallest absolute Gasteiger partial charge is 0.225 e. The summed E-state index contributed by atoms with van der Waals surface area (Å²) in [6, 6.07) is 0. The number of nitrogens with zero attached hydrogens (tertiary/aromatic N) is 1. The van der Waals surface area contributed by atoms with E-state index in [1.54, 1.807) is 0 Å². The lowest BCUT2D eigenvalue weighted by Crippen LogP contribution is -2.52. The third-order valence-corrected chi connectivity index (χ3v) is 2.39. The van der Waals surface area contributed by atoms with E-state index in [4.69, 9.17) is 10.5 Å². The van der Waals surface area contributed by atoms with E-state index in [2.05, 4.69) is 0 Å². The number of carbonyl (C=O) groups excluding carboxylic acids is 1. The van der Waals surface area contributed by atoms with Crippen molar-refractivity contribution in [3.8, 4) is 0 Å². The molecular weight excluding hydrogens is 180 g/mol. The Hall–Kier alpha value is -0.610. The monoisotopic (exact) mass is 200 g/mol. The Bertz CT molecular complexity index is 206. The molecule has 0 radical (unpaired) electrons. The van der Waals surface area contributed by atoms with Gasteiger partial charge in [0.15, 0.2) is 0 Å². The molecule has 0 saturated carbocycles. The first-order valence-electron chi connectivity index (χ1n) is 5.19. The van der Waals surface area contributed by atoms with Gasteiger partial charge >= 0.3 is 0 Å². The summed E-state index contributed by atoms with van der Waals surface area (Å²) in [6.45, 7) is 7.61. The molecule has 2 unspecified atom stereocenters. The van der Waals surface area contributed by atoms with Gasteiger partial charge in [-0.05, 0) is 6.92 Å². The fourth-order valence-corrected chi connectivity index (χ4v) is 1.72. The minimum atomic E-state index is 0.00134. The average molecular weight is 200 g/mol. The number of rotatable bonds is 2. The molecule has 0 bridgehead atoms. The van der Waals surface area contributed by atoms with Crippen LogP contribution >= 0.6 is 0 Å². The van der Waals surface area contributed by atoms with Crippen molar-refractivity contribution < 1.29 is 9.53 Å². The van der Waals surface area contributed by atoms with E-state index >= 15 is 0 Å². The Morgan fingerprint density at radius 3 is 2.71 bits per heavy atom. The molecule has 1 rings (SSSR count). The van der Waals surface area contributed by atoms with Crippen LogP contribution in [0.4, 0.5) is 0 Å². The van der Waals surface area contributed by atoms with E-state index in [1.165, 1.54) is 0 Å². The largest absolute Gasteiger partial charge is 0.370 e. The van der Waals surface area contributed by atoms with Crippen molar-refractivity contribution in [3.63, 3.8) is 0 Å². The molecule has 2 N–H and O–H groups in total. The van der Waals surface area contributed by atoms with Crippen LogP contribution in [0, 0.1) is 5.92 Å². The number of morpholine rings is 1. The molecule has 1 fully saturated rings. The summed E-state index contributed by atoms with van der Waals surface area (Å²) in [5.41, 5.74) is 5.54. The minimum Gasteiger partial charge on any atom is -0.370 e. The van der Waals surface area contributed by atoms with Crippen molar-refractivity contribution in [2.45, 2.75) is 33.0 Å². The first kappa shape index (κ1) is 11.5. The first-order chi connectivity index (χ1) is 6.54. The van der Waals surface area contributed by atoms with Gasteiger partial charge in [-0.15, -0.1) is 0 Å². The molecule has 2 atom stereocenters. The van der Waals surface area contributed by atoms with Gasteiger partial charge in [-0.1, -0.05) is 13.8 Å². The molecule has 14 heavy (non-hydrogen) atoms. The summed E-state index contributed by atoms with van der Waals surface area (Å²) in [7, 11) is 0. The van der Waals surface area contributed by atoms with Gasteiger partial charge in [-0.2, -0.15) is 0 Å². The van der Waals surface area contributed by atoms with Crippen molar-refractivity contribution in [1.29, 1.82) is 0 Å². The summed E-state index contributed by atoms with van der Waals surface area (Å²) in [5, 5.41) is 0. The van der Waals surface area contributed by atoms with E-state index in [0.29, 0.717) is 19.6 Å². The lowest BCUT2D eigenvalue weighted by Gasteiger charge is -2.37. The normalized spacial score (nSPS) is 28.2. The van der Waals surface area contributed by atoms with Crippen molar-refractivity contribution in [1.82, 2.24) is 4.90 Å². The van der Waals surface area contributed by atoms with Gasteiger partial charge in [0.25, 0.3) is 0 Å². The molecule has 1 aliphatic rings. The van der Waals surface area contributed by atoms with Crippen LogP contribution in [-0.4, -0.2) is 42.6 Å². The second kappa shape index (κ2) is 4.75. The molecule has 82 valence electrons.